The molecule has 0 bridgehead atoms. The van der Waals surface area contributed by atoms with E-state index >= 15 is 0 Å². The smallest absolute Gasteiger partial charge is 0.320 e. The van der Waals surface area contributed by atoms with Gasteiger partial charge in [0.2, 0.25) is 0 Å². The lowest BCUT2D eigenvalue weighted by Crippen LogP contribution is -2.48. The van der Waals surface area contributed by atoms with E-state index in [-0.39, 0.29) is 5.82 Å². The molecule has 1 aromatic heterocycles. The van der Waals surface area contributed by atoms with Crippen LogP contribution in [0.3, 0.4) is 0 Å². The highest BCUT2D eigenvalue weighted by Crippen LogP contribution is 2.29. The maximum absolute atomic E-state index is 13.6. The minimum absolute atomic E-state index is 0.268. The van der Waals surface area contributed by atoms with E-state index in [0.29, 0.717) is 6.04 Å². The normalized spacial score (nSPS) is 17.8. The molecule has 128 valence electrons. The molecule has 3 rings (SSSR count). The molecule has 24 heavy (non-hydrogen) atoms. The van der Waals surface area contributed by atoms with Crippen molar-refractivity contribution in [1.29, 1.82) is 0 Å². The standard InChI is InChI=1S/C18H22FN3O2/c1-12(18(23)24)22-9-6-14(7-10-22)21(2)17-5-8-20-16-4-3-13(19)11-15(16)17/h3-5,8,11-12,14H,6-7,9-10H2,1-2H3,(H,23,24). The Morgan fingerprint density at radius 3 is 2.75 bits per heavy atom. The first-order valence-electron chi connectivity index (χ1n) is 8.21. The Morgan fingerprint density at radius 1 is 1.38 bits per heavy atom. The van der Waals surface area contributed by atoms with E-state index in [1.54, 1.807) is 19.2 Å². The average Bonchev–Trinajstić information content (AvgIpc) is 2.60. The SMILES string of the molecule is CC(C(=O)O)N1CCC(N(C)c2ccnc3ccc(F)cc23)CC1. The third-order valence-electron chi connectivity index (χ3n) is 5.01. The molecular weight excluding hydrogens is 309 g/mol. The molecule has 0 aliphatic carbocycles. The second-order valence-corrected chi connectivity index (χ2v) is 6.38. The highest BCUT2D eigenvalue weighted by Gasteiger charge is 2.28. The Balaban J connectivity index is 1.78. The molecular formula is C18H22FN3O2. The zero-order valence-electron chi connectivity index (χ0n) is 13.9. The first-order chi connectivity index (χ1) is 11.5. The average molecular weight is 331 g/mol. The van der Waals surface area contributed by atoms with Crippen molar-refractivity contribution in [1.82, 2.24) is 9.88 Å². The number of pyridine rings is 1. The van der Waals surface area contributed by atoms with Crippen molar-refractivity contribution in [3.8, 4) is 0 Å². The Kier molecular flexibility index (Phi) is 4.66. The number of aliphatic carboxylic acids is 1. The number of benzene rings is 1. The fourth-order valence-corrected chi connectivity index (χ4v) is 3.42. The summed E-state index contributed by atoms with van der Waals surface area (Å²) in [5.74, 6) is -1.05. The number of carboxylic acid groups (broad SMARTS) is 1. The molecule has 1 fully saturated rings. The van der Waals surface area contributed by atoms with Crippen LogP contribution in [-0.2, 0) is 4.79 Å². The maximum atomic E-state index is 13.6. The molecule has 0 spiro atoms. The van der Waals surface area contributed by atoms with Crippen molar-refractivity contribution >= 4 is 22.6 Å². The van der Waals surface area contributed by atoms with Crippen LogP contribution < -0.4 is 4.90 Å². The fourth-order valence-electron chi connectivity index (χ4n) is 3.42. The minimum atomic E-state index is -0.780. The molecule has 1 atom stereocenters. The summed E-state index contributed by atoms with van der Waals surface area (Å²) < 4.78 is 13.6. The number of fused-ring (bicyclic) bond motifs is 1. The van der Waals surface area contributed by atoms with Gasteiger partial charge in [0.15, 0.2) is 0 Å². The highest BCUT2D eigenvalue weighted by molar-refractivity contribution is 5.91. The molecule has 0 amide bonds. The van der Waals surface area contributed by atoms with Gasteiger partial charge < -0.3 is 10.0 Å². The number of likely N-dealkylation sites (tertiary alicyclic amines) is 1. The lowest BCUT2D eigenvalue weighted by molar-refractivity contribution is -0.143. The Labute approximate surface area is 140 Å². The third kappa shape index (κ3) is 3.19. The van der Waals surface area contributed by atoms with Crippen LogP contribution in [0, 0.1) is 5.82 Å². The van der Waals surface area contributed by atoms with Gasteiger partial charge in [0.05, 0.1) is 5.52 Å². The lowest BCUT2D eigenvalue weighted by atomic mass is 10.0. The molecule has 1 aliphatic rings. The largest absolute Gasteiger partial charge is 0.480 e. The summed E-state index contributed by atoms with van der Waals surface area (Å²) in [7, 11) is 2.01. The van der Waals surface area contributed by atoms with Crippen molar-refractivity contribution in [2.24, 2.45) is 0 Å². The van der Waals surface area contributed by atoms with Gasteiger partial charge in [0, 0.05) is 43.4 Å². The summed E-state index contributed by atoms with van der Waals surface area (Å²) in [6.45, 7) is 3.23. The van der Waals surface area contributed by atoms with E-state index in [2.05, 4.69) is 9.88 Å². The second-order valence-electron chi connectivity index (χ2n) is 6.38. The van der Waals surface area contributed by atoms with Crippen molar-refractivity contribution < 1.29 is 14.3 Å². The molecule has 1 aliphatic heterocycles. The summed E-state index contributed by atoms with van der Waals surface area (Å²) in [4.78, 5) is 19.6. The predicted molar refractivity (Wildman–Crippen MR) is 91.8 cm³/mol. The number of carbonyl (C=O) groups is 1. The number of halogens is 1. The van der Waals surface area contributed by atoms with Crippen molar-refractivity contribution in [2.75, 3.05) is 25.0 Å². The van der Waals surface area contributed by atoms with Crippen LogP contribution in [0.1, 0.15) is 19.8 Å². The minimum Gasteiger partial charge on any atom is -0.480 e. The first-order valence-corrected chi connectivity index (χ1v) is 8.21. The molecule has 0 saturated carbocycles. The molecule has 1 N–H and O–H groups in total. The third-order valence-corrected chi connectivity index (χ3v) is 5.01. The van der Waals surface area contributed by atoms with Crippen LogP contribution in [0.2, 0.25) is 0 Å². The molecule has 6 heteroatoms. The van der Waals surface area contributed by atoms with Crippen LogP contribution in [0.4, 0.5) is 10.1 Å². The number of hydrogen-bond acceptors (Lipinski definition) is 4. The monoisotopic (exact) mass is 331 g/mol. The molecule has 0 radical (unpaired) electrons. The topological polar surface area (TPSA) is 56.7 Å². The summed E-state index contributed by atoms with van der Waals surface area (Å²) in [6, 6.07) is 6.40. The van der Waals surface area contributed by atoms with Gasteiger partial charge in [-0.25, -0.2) is 4.39 Å². The van der Waals surface area contributed by atoms with Gasteiger partial charge >= 0.3 is 5.97 Å². The van der Waals surface area contributed by atoms with Gasteiger partial charge in [-0.3, -0.25) is 14.7 Å². The van der Waals surface area contributed by atoms with Gasteiger partial charge in [-0.05, 0) is 44.0 Å². The Morgan fingerprint density at radius 2 is 2.08 bits per heavy atom. The molecule has 2 heterocycles. The Bertz CT molecular complexity index is 744. The molecule has 2 aromatic rings. The van der Waals surface area contributed by atoms with Gasteiger partial charge in [-0.1, -0.05) is 0 Å². The zero-order valence-corrected chi connectivity index (χ0v) is 13.9. The van der Waals surface area contributed by atoms with Gasteiger partial charge in [0.25, 0.3) is 0 Å². The van der Waals surface area contributed by atoms with Gasteiger partial charge in [-0.2, -0.15) is 0 Å². The van der Waals surface area contributed by atoms with Crippen molar-refractivity contribution in [2.45, 2.75) is 31.8 Å². The maximum Gasteiger partial charge on any atom is 0.320 e. The summed E-state index contributed by atoms with van der Waals surface area (Å²) in [5, 5.41) is 9.94. The van der Waals surface area contributed by atoms with Crippen LogP contribution in [0.25, 0.3) is 10.9 Å². The van der Waals surface area contributed by atoms with E-state index in [1.807, 2.05) is 18.0 Å². The summed E-state index contributed by atoms with van der Waals surface area (Å²) in [5.41, 5.74) is 1.74. The van der Waals surface area contributed by atoms with E-state index in [4.69, 9.17) is 5.11 Å². The van der Waals surface area contributed by atoms with Crippen molar-refractivity contribution in [3.05, 3.63) is 36.3 Å². The molecule has 1 saturated heterocycles. The fraction of sp³-hybridized carbons (Fsp3) is 0.444. The zero-order chi connectivity index (χ0) is 17.3. The predicted octanol–water partition coefficient (Wildman–Crippen LogP) is 2.75. The summed E-state index contributed by atoms with van der Waals surface area (Å²) >= 11 is 0. The first kappa shape index (κ1) is 16.6. The molecule has 1 aromatic carbocycles. The van der Waals surface area contributed by atoms with E-state index in [9.17, 15) is 9.18 Å². The Hall–Kier alpha value is -2.21. The van der Waals surface area contributed by atoms with Crippen molar-refractivity contribution in [3.63, 3.8) is 0 Å². The molecule has 1 unspecified atom stereocenters. The lowest BCUT2D eigenvalue weighted by Gasteiger charge is -2.39. The number of rotatable bonds is 4. The number of aromatic nitrogens is 1. The number of nitrogens with zero attached hydrogens (tertiary/aromatic N) is 3. The number of hydrogen-bond donors (Lipinski definition) is 1. The quantitative estimate of drug-likeness (QED) is 0.933. The van der Waals surface area contributed by atoms with Crippen LogP contribution in [0.5, 0.6) is 0 Å². The van der Waals surface area contributed by atoms with E-state index < -0.39 is 12.0 Å². The number of anilines is 1. The van der Waals surface area contributed by atoms with E-state index in [0.717, 1.165) is 42.5 Å². The second kappa shape index (κ2) is 6.73. The van der Waals surface area contributed by atoms with Crippen LogP contribution in [-0.4, -0.2) is 53.2 Å². The number of piperidine rings is 1. The molecule has 5 nitrogen and oxygen atoms in total. The number of carboxylic acids is 1. The highest BCUT2D eigenvalue weighted by atomic mass is 19.1. The summed E-state index contributed by atoms with van der Waals surface area (Å²) in [6.07, 6.45) is 3.51. The van der Waals surface area contributed by atoms with Crippen LogP contribution >= 0.6 is 0 Å². The van der Waals surface area contributed by atoms with Gasteiger partial charge in [0.1, 0.15) is 11.9 Å². The van der Waals surface area contributed by atoms with Crippen LogP contribution in [0.15, 0.2) is 30.5 Å². The van der Waals surface area contributed by atoms with Gasteiger partial charge in [-0.15, -0.1) is 0 Å². The van der Waals surface area contributed by atoms with E-state index in [1.165, 1.54) is 12.1 Å².